The van der Waals surface area contributed by atoms with Gasteiger partial charge in [0.2, 0.25) is 0 Å². The monoisotopic (exact) mass is 402 g/mol. The Kier molecular flexibility index (Phi) is 6.76. The minimum absolute atomic E-state index is 0.0436. The molecule has 26 heavy (non-hydrogen) atoms. The van der Waals surface area contributed by atoms with Gasteiger partial charge in [-0.2, -0.15) is 0 Å². The van der Waals surface area contributed by atoms with E-state index in [0.29, 0.717) is 11.3 Å². The standard InChI is InChI=1S/C16H22N2O6S2/c1-10(2)14(18-15(20)12-4-3-6-25-12)16(21)24-8-13(19)17-11-5-7-26(22,23)9-11/h3-4,6,10-11,14H,5,7-9H2,1-2H3,(H,17,19)(H,18,20)/t11-,14-/m1/s1. The molecule has 1 fully saturated rings. The highest BCUT2D eigenvalue weighted by Gasteiger charge is 2.30. The van der Waals surface area contributed by atoms with Crippen LogP contribution in [0.5, 0.6) is 0 Å². The van der Waals surface area contributed by atoms with Gasteiger partial charge >= 0.3 is 5.97 Å². The summed E-state index contributed by atoms with van der Waals surface area (Å²) in [7, 11) is -3.10. The number of ether oxygens (including phenoxy) is 1. The third kappa shape index (κ3) is 5.80. The molecule has 2 amide bonds. The van der Waals surface area contributed by atoms with E-state index < -0.39 is 40.4 Å². The minimum Gasteiger partial charge on any atom is -0.454 e. The Morgan fingerprint density at radius 3 is 2.62 bits per heavy atom. The lowest BCUT2D eigenvalue weighted by Crippen LogP contribution is -2.46. The Hall–Kier alpha value is -1.94. The summed E-state index contributed by atoms with van der Waals surface area (Å²) in [5, 5.41) is 6.91. The first-order valence-electron chi connectivity index (χ1n) is 8.19. The molecule has 1 aliphatic rings. The number of carbonyl (C=O) groups excluding carboxylic acids is 3. The van der Waals surface area contributed by atoms with Gasteiger partial charge in [0.05, 0.1) is 16.4 Å². The molecule has 1 aromatic heterocycles. The summed E-state index contributed by atoms with van der Waals surface area (Å²) in [6.07, 6.45) is 0.355. The molecule has 2 atom stereocenters. The molecule has 1 aliphatic heterocycles. The van der Waals surface area contributed by atoms with Gasteiger partial charge in [0, 0.05) is 6.04 Å². The Bertz CT molecular complexity index is 758. The molecule has 8 nitrogen and oxygen atoms in total. The molecule has 1 saturated heterocycles. The molecule has 144 valence electrons. The van der Waals surface area contributed by atoms with Gasteiger partial charge in [0.1, 0.15) is 6.04 Å². The minimum atomic E-state index is -3.10. The molecule has 0 spiro atoms. The van der Waals surface area contributed by atoms with Gasteiger partial charge in [-0.15, -0.1) is 11.3 Å². The summed E-state index contributed by atoms with van der Waals surface area (Å²) >= 11 is 1.25. The molecule has 10 heteroatoms. The van der Waals surface area contributed by atoms with Gasteiger partial charge in [-0.05, 0) is 23.8 Å². The normalized spacial score (nSPS) is 19.7. The third-order valence-electron chi connectivity index (χ3n) is 3.90. The van der Waals surface area contributed by atoms with Crippen LogP contribution in [0.3, 0.4) is 0 Å². The quantitative estimate of drug-likeness (QED) is 0.635. The van der Waals surface area contributed by atoms with Crippen molar-refractivity contribution in [3.63, 3.8) is 0 Å². The van der Waals surface area contributed by atoms with Crippen molar-refractivity contribution in [1.82, 2.24) is 10.6 Å². The highest BCUT2D eigenvalue weighted by Crippen LogP contribution is 2.12. The van der Waals surface area contributed by atoms with Crippen LogP contribution >= 0.6 is 11.3 Å². The maximum atomic E-state index is 12.2. The molecular formula is C16H22N2O6S2. The van der Waals surface area contributed by atoms with E-state index in [4.69, 9.17) is 4.74 Å². The first-order chi connectivity index (χ1) is 12.2. The van der Waals surface area contributed by atoms with Crippen molar-refractivity contribution in [3.8, 4) is 0 Å². The van der Waals surface area contributed by atoms with Crippen LogP contribution in [-0.4, -0.2) is 56.4 Å². The molecule has 0 radical (unpaired) electrons. The Balaban J connectivity index is 1.83. The molecule has 0 saturated carbocycles. The fourth-order valence-electron chi connectivity index (χ4n) is 2.52. The van der Waals surface area contributed by atoms with E-state index in [0.717, 1.165) is 0 Å². The zero-order valence-corrected chi connectivity index (χ0v) is 16.2. The largest absolute Gasteiger partial charge is 0.454 e. The fourth-order valence-corrected chi connectivity index (χ4v) is 4.82. The first-order valence-corrected chi connectivity index (χ1v) is 10.9. The number of amides is 2. The number of hydrogen-bond acceptors (Lipinski definition) is 7. The van der Waals surface area contributed by atoms with Crippen molar-refractivity contribution in [3.05, 3.63) is 22.4 Å². The number of carbonyl (C=O) groups is 3. The fraction of sp³-hybridized carbons (Fsp3) is 0.562. The summed E-state index contributed by atoms with van der Waals surface area (Å²) in [6, 6.07) is 2.04. The molecule has 1 aromatic rings. The van der Waals surface area contributed by atoms with Gasteiger partial charge in [0.25, 0.3) is 11.8 Å². The Morgan fingerprint density at radius 2 is 2.08 bits per heavy atom. The molecule has 0 aromatic carbocycles. The van der Waals surface area contributed by atoms with E-state index in [-0.39, 0.29) is 23.3 Å². The second-order valence-corrected chi connectivity index (χ2v) is 9.62. The van der Waals surface area contributed by atoms with Crippen LogP contribution in [0, 0.1) is 5.92 Å². The first kappa shape index (κ1) is 20.4. The van der Waals surface area contributed by atoms with E-state index in [9.17, 15) is 22.8 Å². The molecule has 2 rings (SSSR count). The summed E-state index contributed by atoms with van der Waals surface area (Å²) in [5.74, 6) is -1.93. The molecule has 0 bridgehead atoms. The average molecular weight is 402 g/mol. The van der Waals surface area contributed by atoms with Gasteiger partial charge < -0.3 is 15.4 Å². The van der Waals surface area contributed by atoms with E-state index in [1.165, 1.54) is 11.3 Å². The van der Waals surface area contributed by atoms with E-state index in [1.807, 2.05) is 0 Å². The topological polar surface area (TPSA) is 119 Å². The molecule has 2 heterocycles. The van der Waals surface area contributed by atoms with E-state index in [1.54, 1.807) is 31.4 Å². The van der Waals surface area contributed by atoms with Crippen LogP contribution in [0.2, 0.25) is 0 Å². The number of thiophene rings is 1. The summed E-state index contributed by atoms with van der Waals surface area (Å²) in [6.45, 7) is 2.99. The van der Waals surface area contributed by atoms with Crippen LogP contribution in [0.1, 0.15) is 29.9 Å². The average Bonchev–Trinajstić information content (AvgIpc) is 3.19. The van der Waals surface area contributed by atoms with Crippen molar-refractivity contribution in [1.29, 1.82) is 0 Å². The number of nitrogens with one attached hydrogen (secondary N) is 2. The number of sulfone groups is 1. The van der Waals surface area contributed by atoms with Crippen molar-refractivity contribution in [2.24, 2.45) is 5.92 Å². The second kappa shape index (κ2) is 8.63. The molecule has 0 unspecified atom stereocenters. The van der Waals surface area contributed by atoms with Crippen LogP contribution in [0.15, 0.2) is 17.5 Å². The Labute approximate surface area is 156 Å². The van der Waals surface area contributed by atoms with Crippen molar-refractivity contribution >= 4 is 39.0 Å². The van der Waals surface area contributed by atoms with Gasteiger partial charge in [-0.1, -0.05) is 19.9 Å². The number of rotatable bonds is 7. The maximum absolute atomic E-state index is 12.2. The zero-order valence-electron chi connectivity index (χ0n) is 14.6. The van der Waals surface area contributed by atoms with Crippen LogP contribution in [0.4, 0.5) is 0 Å². The molecular weight excluding hydrogens is 380 g/mol. The lowest BCUT2D eigenvalue weighted by molar-refractivity contribution is -0.151. The Morgan fingerprint density at radius 1 is 1.35 bits per heavy atom. The van der Waals surface area contributed by atoms with Gasteiger partial charge in [0.15, 0.2) is 16.4 Å². The van der Waals surface area contributed by atoms with Crippen molar-refractivity contribution in [2.45, 2.75) is 32.4 Å². The van der Waals surface area contributed by atoms with Gasteiger partial charge in [-0.25, -0.2) is 13.2 Å². The maximum Gasteiger partial charge on any atom is 0.329 e. The number of esters is 1. The second-order valence-electron chi connectivity index (χ2n) is 6.45. The lowest BCUT2D eigenvalue weighted by Gasteiger charge is -2.20. The van der Waals surface area contributed by atoms with Crippen molar-refractivity contribution < 1.29 is 27.5 Å². The molecule has 0 aliphatic carbocycles. The van der Waals surface area contributed by atoms with Crippen LogP contribution in [0.25, 0.3) is 0 Å². The van der Waals surface area contributed by atoms with Crippen LogP contribution in [-0.2, 0) is 24.2 Å². The highest BCUT2D eigenvalue weighted by atomic mass is 32.2. The molecule has 2 N–H and O–H groups in total. The SMILES string of the molecule is CC(C)[C@@H](NC(=O)c1cccs1)C(=O)OCC(=O)N[C@@H]1CCS(=O)(=O)C1. The highest BCUT2D eigenvalue weighted by molar-refractivity contribution is 7.91. The van der Waals surface area contributed by atoms with E-state index in [2.05, 4.69) is 10.6 Å². The smallest absolute Gasteiger partial charge is 0.329 e. The third-order valence-corrected chi connectivity index (χ3v) is 6.53. The summed E-state index contributed by atoms with van der Waals surface area (Å²) < 4.78 is 27.7. The van der Waals surface area contributed by atoms with Crippen molar-refractivity contribution in [2.75, 3.05) is 18.1 Å². The summed E-state index contributed by atoms with van der Waals surface area (Å²) in [5.41, 5.74) is 0. The van der Waals surface area contributed by atoms with Gasteiger partial charge in [-0.3, -0.25) is 9.59 Å². The zero-order chi connectivity index (χ0) is 19.3. The predicted octanol–water partition coefficient (Wildman–Crippen LogP) is 0.349. The number of hydrogen-bond donors (Lipinski definition) is 2. The summed E-state index contributed by atoms with van der Waals surface area (Å²) in [4.78, 5) is 36.7. The van der Waals surface area contributed by atoms with Crippen LogP contribution < -0.4 is 10.6 Å². The predicted molar refractivity (Wildman–Crippen MR) is 96.6 cm³/mol. The lowest BCUT2D eigenvalue weighted by atomic mass is 10.0. The van der Waals surface area contributed by atoms with E-state index >= 15 is 0 Å².